The van der Waals surface area contributed by atoms with Gasteiger partial charge in [-0.1, -0.05) is 65.7 Å². The number of hydrogen-bond acceptors (Lipinski definition) is 2. The average Bonchev–Trinajstić information content (AvgIpc) is 3.41. The van der Waals surface area contributed by atoms with E-state index in [0.717, 1.165) is 28.1 Å². The Morgan fingerprint density at radius 3 is 2.39 bits per heavy atom. The highest BCUT2D eigenvalue weighted by molar-refractivity contribution is 6.42. The lowest BCUT2D eigenvalue weighted by molar-refractivity contribution is -0.113. The number of benzene rings is 3. The first kappa shape index (κ1) is 21.3. The van der Waals surface area contributed by atoms with Crippen LogP contribution < -0.4 is 4.90 Å². The minimum absolute atomic E-state index is 0.105. The zero-order valence-electron chi connectivity index (χ0n) is 17.8. The predicted octanol–water partition coefficient (Wildman–Crippen LogP) is 8.03. The fourth-order valence-corrected chi connectivity index (χ4v) is 4.15. The standard InChI is InChI=1S/C28H19Cl2NO2/c1-18-6-5-9-22(14-18)31-26(19-7-3-2-4-8-19)17-21(28(31)32)15-23-11-13-27(33-23)20-10-12-24(29)25(30)16-20/h2-17H,1H3. The summed E-state index contributed by atoms with van der Waals surface area (Å²) in [5, 5.41) is 0.946. The van der Waals surface area contributed by atoms with E-state index >= 15 is 0 Å². The zero-order chi connectivity index (χ0) is 22.9. The minimum atomic E-state index is -0.105. The quantitative estimate of drug-likeness (QED) is 0.282. The van der Waals surface area contributed by atoms with E-state index in [1.165, 1.54) is 0 Å². The number of furan rings is 1. The first-order valence-corrected chi connectivity index (χ1v) is 11.2. The van der Waals surface area contributed by atoms with Gasteiger partial charge in [0.2, 0.25) is 0 Å². The van der Waals surface area contributed by atoms with Crippen molar-refractivity contribution < 1.29 is 9.21 Å². The number of carbonyl (C=O) groups excluding carboxylic acids is 1. The van der Waals surface area contributed by atoms with Gasteiger partial charge in [0, 0.05) is 16.8 Å². The maximum atomic E-state index is 13.5. The van der Waals surface area contributed by atoms with Crippen LogP contribution in [0.3, 0.4) is 0 Å². The van der Waals surface area contributed by atoms with Crippen LogP contribution in [0.4, 0.5) is 5.69 Å². The third-order valence-electron chi connectivity index (χ3n) is 5.44. The van der Waals surface area contributed by atoms with Gasteiger partial charge in [-0.05, 0) is 72.7 Å². The van der Waals surface area contributed by atoms with Crippen molar-refractivity contribution >= 4 is 46.6 Å². The van der Waals surface area contributed by atoms with Crippen LogP contribution in [0.25, 0.3) is 23.1 Å². The van der Waals surface area contributed by atoms with Gasteiger partial charge < -0.3 is 4.42 Å². The van der Waals surface area contributed by atoms with Crippen molar-refractivity contribution in [2.75, 3.05) is 4.90 Å². The Morgan fingerprint density at radius 1 is 0.818 bits per heavy atom. The van der Waals surface area contributed by atoms with E-state index in [-0.39, 0.29) is 5.91 Å². The number of halogens is 2. The molecule has 1 aromatic heterocycles. The molecule has 5 heteroatoms. The smallest absolute Gasteiger partial charge is 0.263 e. The number of aryl methyl sites for hydroxylation is 1. The van der Waals surface area contributed by atoms with E-state index in [0.29, 0.717) is 27.1 Å². The molecule has 0 fully saturated rings. The van der Waals surface area contributed by atoms with Gasteiger partial charge in [0.1, 0.15) is 11.5 Å². The third kappa shape index (κ3) is 4.25. The third-order valence-corrected chi connectivity index (χ3v) is 6.18. The number of hydrogen-bond donors (Lipinski definition) is 0. The second kappa shape index (κ2) is 8.78. The maximum absolute atomic E-state index is 13.5. The number of rotatable bonds is 4. The van der Waals surface area contributed by atoms with E-state index < -0.39 is 0 Å². The van der Waals surface area contributed by atoms with Crippen molar-refractivity contribution in [2.45, 2.75) is 6.92 Å². The molecule has 3 nitrogen and oxygen atoms in total. The molecule has 0 saturated heterocycles. The van der Waals surface area contributed by atoms with Gasteiger partial charge in [0.25, 0.3) is 5.91 Å². The number of carbonyl (C=O) groups is 1. The highest BCUT2D eigenvalue weighted by Crippen LogP contribution is 2.36. The summed E-state index contributed by atoms with van der Waals surface area (Å²) < 4.78 is 6.00. The molecule has 1 amide bonds. The molecule has 0 aliphatic carbocycles. The summed E-state index contributed by atoms with van der Waals surface area (Å²) in [5.41, 5.74) is 5.07. The molecule has 33 heavy (non-hydrogen) atoms. The highest BCUT2D eigenvalue weighted by atomic mass is 35.5. The second-order valence-corrected chi connectivity index (χ2v) is 8.62. The van der Waals surface area contributed by atoms with Gasteiger partial charge in [-0.25, -0.2) is 0 Å². The molecule has 4 aromatic rings. The summed E-state index contributed by atoms with van der Waals surface area (Å²) in [6.07, 6.45) is 3.67. The van der Waals surface area contributed by atoms with Crippen LogP contribution in [0.2, 0.25) is 10.0 Å². The number of nitrogens with zero attached hydrogens (tertiary/aromatic N) is 1. The number of amides is 1. The Morgan fingerprint density at radius 2 is 1.64 bits per heavy atom. The molecule has 2 heterocycles. The molecule has 0 unspecified atom stereocenters. The molecule has 0 bridgehead atoms. The van der Waals surface area contributed by atoms with Gasteiger partial charge in [-0.2, -0.15) is 0 Å². The van der Waals surface area contributed by atoms with Crippen molar-refractivity contribution in [3.05, 3.63) is 124 Å². The highest BCUT2D eigenvalue weighted by Gasteiger charge is 2.30. The number of anilines is 1. The molecule has 0 spiro atoms. The van der Waals surface area contributed by atoms with Crippen molar-refractivity contribution in [2.24, 2.45) is 0 Å². The Kier molecular flexibility index (Phi) is 5.67. The van der Waals surface area contributed by atoms with Crippen molar-refractivity contribution in [3.8, 4) is 11.3 Å². The van der Waals surface area contributed by atoms with Crippen LogP contribution in [0, 0.1) is 6.92 Å². The molecule has 0 atom stereocenters. The molecule has 3 aromatic carbocycles. The van der Waals surface area contributed by atoms with E-state index in [1.807, 2.05) is 85.8 Å². The zero-order valence-corrected chi connectivity index (χ0v) is 19.3. The second-order valence-electron chi connectivity index (χ2n) is 7.81. The maximum Gasteiger partial charge on any atom is 0.263 e. The molecule has 1 aliphatic rings. The summed E-state index contributed by atoms with van der Waals surface area (Å²) in [7, 11) is 0. The predicted molar refractivity (Wildman–Crippen MR) is 135 cm³/mol. The topological polar surface area (TPSA) is 33.5 Å². The van der Waals surface area contributed by atoms with Crippen molar-refractivity contribution in [1.82, 2.24) is 0 Å². The van der Waals surface area contributed by atoms with E-state index in [2.05, 4.69) is 0 Å². The molecular formula is C28H19Cl2NO2. The van der Waals surface area contributed by atoms with Crippen molar-refractivity contribution in [1.29, 1.82) is 0 Å². The molecule has 0 radical (unpaired) electrons. The van der Waals surface area contributed by atoms with Gasteiger partial charge in [0.15, 0.2) is 0 Å². The van der Waals surface area contributed by atoms with Crippen LogP contribution >= 0.6 is 23.2 Å². The van der Waals surface area contributed by atoms with Crippen LogP contribution in [0.5, 0.6) is 0 Å². The lowest BCUT2D eigenvalue weighted by atomic mass is 10.1. The van der Waals surface area contributed by atoms with E-state index in [4.69, 9.17) is 27.6 Å². The molecule has 162 valence electrons. The molecule has 0 saturated carbocycles. The van der Waals surface area contributed by atoms with Crippen LogP contribution in [0.15, 0.2) is 101 Å². The Bertz CT molecular complexity index is 1420. The van der Waals surface area contributed by atoms with Crippen LogP contribution in [0.1, 0.15) is 16.9 Å². The lowest BCUT2D eigenvalue weighted by Crippen LogP contribution is -2.24. The van der Waals surface area contributed by atoms with Gasteiger partial charge in [0.05, 0.1) is 15.7 Å². The fraction of sp³-hybridized carbons (Fsp3) is 0.0357. The van der Waals surface area contributed by atoms with E-state index in [1.54, 1.807) is 23.1 Å². The van der Waals surface area contributed by atoms with E-state index in [9.17, 15) is 4.79 Å². The Labute approximate surface area is 202 Å². The molecule has 1 aliphatic heterocycles. The summed E-state index contributed by atoms with van der Waals surface area (Å²) in [4.78, 5) is 15.2. The van der Waals surface area contributed by atoms with Gasteiger partial charge in [-0.3, -0.25) is 9.69 Å². The first-order chi connectivity index (χ1) is 16.0. The summed E-state index contributed by atoms with van der Waals surface area (Å²) >= 11 is 12.2. The monoisotopic (exact) mass is 471 g/mol. The lowest BCUT2D eigenvalue weighted by Gasteiger charge is -2.21. The molecule has 5 rings (SSSR count). The fourth-order valence-electron chi connectivity index (χ4n) is 3.85. The van der Waals surface area contributed by atoms with Crippen molar-refractivity contribution in [3.63, 3.8) is 0 Å². The van der Waals surface area contributed by atoms with Crippen LogP contribution in [-0.2, 0) is 4.79 Å². The Hall–Kier alpha value is -3.53. The van der Waals surface area contributed by atoms with Gasteiger partial charge >= 0.3 is 0 Å². The largest absolute Gasteiger partial charge is 0.457 e. The minimum Gasteiger partial charge on any atom is -0.457 e. The summed E-state index contributed by atoms with van der Waals surface area (Å²) in [6.45, 7) is 2.01. The summed E-state index contributed by atoms with van der Waals surface area (Å²) in [6, 6.07) is 26.8. The van der Waals surface area contributed by atoms with Crippen LogP contribution in [-0.4, -0.2) is 5.91 Å². The average molecular weight is 472 g/mol. The van der Waals surface area contributed by atoms with Gasteiger partial charge in [-0.15, -0.1) is 0 Å². The molecule has 0 N–H and O–H groups in total. The first-order valence-electron chi connectivity index (χ1n) is 10.4. The Balaban J connectivity index is 1.54. The molecular weight excluding hydrogens is 453 g/mol. The SMILES string of the molecule is Cc1cccc(N2C(=O)C(=Cc3ccc(-c4ccc(Cl)c(Cl)c4)o3)C=C2c2ccccc2)c1. The normalized spacial score (nSPS) is 14.8. The summed E-state index contributed by atoms with van der Waals surface area (Å²) in [5.74, 6) is 1.12.